The van der Waals surface area contributed by atoms with Gasteiger partial charge in [0, 0.05) is 50.9 Å². The number of benzene rings is 2. The zero-order chi connectivity index (χ0) is 20.8. The van der Waals surface area contributed by atoms with Crippen molar-refractivity contribution in [3.63, 3.8) is 0 Å². The molecule has 0 aromatic heterocycles. The number of anilines is 1. The Morgan fingerprint density at radius 1 is 1.03 bits per heavy atom. The summed E-state index contributed by atoms with van der Waals surface area (Å²) in [6.45, 7) is 2.05. The maximum absolute atomic E-state index is 12.5. The molecular weight excluding hydrogens is 372 g/mol. The maximum atomic E-state index is 12.5. The summed E-state index contributed by atoms with van der Waals surface area (Å²) >= 11 is 0. The fraction of sp³-hybridized carbons (Fsp3) is 0.238. The van der Waals surface area contributed by atoms with Gasteiger partial charge in [-0.2, -0.15) is 0 Å². The summed E-state index contributed by atoms with van der Waals surface area (Å²) in [5, 5.41) is 13.8. The number of nitrogens with zero attached hydrogens (tertiary/aromatic N) is 3. The van der Waals surface area contributed by atoms with E-state index in [-0.39, 0.29) is 22.4 Å². The second-order valence-corrected chi connectivity index (χ2v) is 6.59. The Labute approximate surface area is 168 Å². The maximum Gasteiger partial charge on any atom is 0.292 e. The SMILES string of the molecule is CNC(=O)c1ccc(/C=C/C(=O)N2CCN(c3ccccc3[N+](=O)[O-])CC2)cc1. The predicted octanol–water partition coefficient (Wildman–Crippen LogP) is 2.32. The van der Waals surface area contributed by atoms with E-state index in [0.29, 0.717) is 37.4 Å². The quantitative estimate of drug-likeness (QED) is 0.477. The first-order chi connectivity index (χ1) is 14.0. The van der Waals surface area contributed by atoms with Crippen molar-refractivity contribution in [3.05, 3.63) is 75.8 Å². The zero-order valence-corrected chi connectivity index (χ0v) is 16.1. The highest BCUT2D eigenvalue weighted by Gasteiger charge is 2.24. The van der Waals surface area contributed by atoms with Crippen LogP contribution in [0, 0.1) is 10.1 Å². The molecule has 0 spiro atoms. The number of nitro groups is 1. The molecule has 2 aromatic rings. The molecule has 1 fully saturated rings. The normalized spacial score (nSPS) is 14.1. The van der Waals surface area contributed by atoms with Gasteiger partial charge in [0.05, 0.1) is 4.92 Å². The summed E-state index contributed by atoms with van der Waals surface area (Å²) in [6.07, 6.45) is 3.22. The summed E-state index contributed by atoms with van der Waals surface area (Å²) in [7, 11) is 1.57. The number of para-hydroxylation sites is 2. The minimum Gasteiger partial charge on any atom is -0.362 e. The molecule has 0 bridgehead atoms. The monoisotopic (exact) mass is 394 g/mol. The molecule has 0 atom stereocenters. The molecule has 0 aliphatic carbocycles. The Kier molecular flexibility index (Phi) is 6.23. The van der Waals surface area contributed by atoms with Gasteiger partial charge in [-0.1, -0.05) is 24.3 Å². The summed E-state index contributed by atoms with van der Waals surface area (Å²) in [5.74, 6) is -0.268. The van der Waals surface area contributed by atoms with Crippen LogP contribution in [0.15, 0.2) is 54.6 Å². The van der Waals surface area contributed by atoms with Crippen molar-refractivity contribution in [2.24, 2.45) is 0 Å². The molecule has 1 N–H and O–H groups in total. The molecule has 8 heteroatoms. The molecule has 1 saturated heterocycles. The number of amides is 2. The summed E-state index contributed by atoms with van der Waals surface area (Å²) < 4.78 is 0. The van der Waals surface area contributed by atoms with Crippen molar-refractivity contribution >= 4 is 29.3 Å². The molecule has 1 heterocycles. The number of carbonyl (C=O) groups is 2. The topological polar surface area (TPSA) is 95.8 Å². The number of piperazine rings is 1. The molecule has 3 rings (SSSR count). The van der Waals surface area contributed by atoms with Crippen LogP contribution in [0.3, 0.4) is 0 Å². The van der Waals surface area contributed by atoms with E-state index < -0.39 is 0 Å². The van der Waals surface area contributed by atoms with Crippen molar-refractivity contribution in [1.29, 1.82) is 0 Å². The van der Waals surface area contributed by atoms with E-state index in [1.807, 2.05) is 4.90 Å². The van der Waals surface area contributed by atoms with Crippen LogP contribution in [-0.2, 0) is 4.79 Å². The summed E-state index contributed by atoms with van der Waals surface area (Å²) in [6, 6.07) is 13.6. The van der Waals surface area contributed by atoms with Crippen molar-refractivity contribution in [2.45, 2.75) is 0 Å². The van der Waals surface area contributed by atoms with Gasteiger partial charge >= 0.3 is 0 Å². The van der Waals surface area contributed by atoms with Crippen molar-refractivity contribution in [2.75, 3.05) is 38.1 Å². The Morgan fingerprint density at radius 2 is 1.69 bits per heavy atom. The first-order valence-corrected chi connectivity index (χ1v) is 9.27. The molecule has 2 amide bonds. The first kappa shape index (κ1) is 20.1. The molecule has 150 valence electrons. The van der Waals surface area contributed by atoms with E-state index in [0.717, 1.165) is 5.56 Å². The van der Waals surface area contributed by atoms with Crippen LogP contribution in [0.2, 0.25) is 0 Å². The molecule has 8 nitrogen and oxygen atoms in total. The number of rotatable bonds is 5. The molecule has 0 unspecified atom stereocenters. The summed E-state index contributed by atoms with van der Waals surface area (Å²) in [4.78, 5) is 38.5. The van der Waals surface area contributed by atoms with Crippen LogP contribution < -0.4 is 10.2 Å². The molecule has 0 saturated carbocycles. The van der Waals surface area contributed by atoms with E-state index in [9.17, 15) is 19.7 Å². The third-order valence-corrected chi connectivity index (χ3v) is 4.83. The lowest BCUT2D eigenvalue weighted by atomic mass is 10.1. The van der Waals surface area contributed by atoms with Crippen molar-refractivity contribution in [3.8, 4) is 0 Å². The smallest absolute Gasteiger partial charge is 0.292 e. The Bertz CT molecular complexity index is 932. The van der Waals surface area contributed by atoms with Crippen molar-refractivity contribution < 1.29 is 14.5 Å². The number of nitrogens with one attached hydrogen (secondary N) is 1. The Hall–Kier alpha value is -3.68. The fourth-order valence-corrected chi connectivity index (χ4v) is 3.22. The highest BCUT2D eigenvalue weighted by Crippen LogP contribution is 2.28. The van der Waals surface area contributed by atoms with Crippen LogP contribution in [0.5, 0.6) is 0 Å². The Morgan fingerprint density at radius 3 is 2.31 bits per heavy atom. The van der Waals surface area contributed by atoms with Crippen molar-refractivity contribution in [1.82, 2.24) is 10.2 Å². The number of hydrogen-bond acceptors (Lipinski definition) is 5. The molecule has 1 aliphatic heterocycles. The van der Waals surface area contributed by atoms with Crippen LogP contribution >= 0.6 is 0 Å². The van der Waals surface area contributed by atoms with E-state index in [2.05, 4.69) is 5.32 Å². The number of hydrogen-bond donors (Lipinski definition) is 1. The number of carbonyl (C=O) groups excluding carboxylic acids is 2. The molecule has 29 heavy (non-hydrogen) atoms. The van der Waals surface area contributed by atoms with Gasteiger partial charge in [-0.05, 0) is 29.8 Å². The third kappa shape index (κ3) is 4.78. The summed E-state index contributed by atoms with van der Waals surface area (Å²) in [5.41, 5.74) is 2.04. The van der Waals surface area contributed by atoms with Gasteiger partial charge in [0.2, 0.25) is 5.91 Å². The fourth-order valence-electron chi connectivity index (χ4n) is 3.22. The van der Waals surface area contributed by atoms with Gasteiger partial charge in [0.1, 0.15) is 5.69 Å². The van der Waals surface area contributed by atoms with Gasteiger partial charge in [0.15, 0.2) is 0 Å². The highest BCUT2D eigenvalue weighted by atomic mass is 16.6. The standard InChI is InChI=1S/C21H22N4O4/c1-22-21(27)17-9-6-16(7-10-17)8-11-20(26)24-14-12-23(13-15-24)18-4-2-3-5-19(18)25(28)29/h2-11H,12-15H2,1H3,(H,22,27)/b11-8+. The van der Waals surface area contributed by atoms with Crippen LogP contribution in [0.1, 0.15) is 15.9 Å². The average molecular weight is 394 g/mol. The van der Waals surface area contributed by atoms with E-state index in [1.54, 1.807) is 60.5 Å². The van der Waals surface area contributed by atoms with Gasteiger partial charge in [-0.15, -0.1) is 0 Å². The molecule has 0 radical (unpaired) electrons. The van der Waals surface area contributed by atoms with Gasteiger partial charge in [-0.3, -0.25) is 19.7 Å². The minimum absolute atomic E-state index is 0.0763. The third-order valence-electron chi connectivity index (χ3n) is 4.83. The van der Waals surface area contributed by atoms with E-state index in [4.69, 9.17) is 0 Å². The van der Waals surface area contributed by atoms with Crippen LogP contribution in [0.25, 0.3) is 6.08 Å². The molecule has 2 aromatic carbocycles. The average Bonchev–Trinajstić information content (AvgIpc) is 2.77. The van der Waals surface area contributed by atoms with Gasteiger partial charge < -0.3 is 15.1 Å². The van der Waals surface area contributed by atoms with Gasteiger partial charge in [0.25, 0.3) is 11.6 Å². The predicted molar refractivity (Wildman–Crippen MR) is 111 cm³/mol. The highest BCUT2D eigenvalue weighted by molar-refractivity contribution is 5.95. The largest absolute Gasteiger partial charge is 0.362 e. The second-order valence-electron chi connectivity index (χ2n) is 6.59. The number of nitro benzene ring substituents is 1. The van der Waals surface area contributed by atoms with Crippen LogP contribution in [-0.4, -0.2) is 54.9 Å². The Balaban J connectivity index is 1.58. The van der Waals surface area contributed by atoms with Crippen LogP contribution in [0.4, 0.5) is 11.4 Å². The lowest BCUT2D eigenvalue weighted by Crippen LogP contribution is -2.48. The van der Waals surface area contributed by atoms with E-state index in [1.165, 1.54) is 12.1 Å². The molecule has 1 aliphatic rings. The first-order valence-electron chi connectivity index (χ1n) is 9.27. The van der Waals surface area contributed by atoms with E-state index >= 15 is 0 Å². The molecular formula is C21H22N4O4. The lowest BCUT2D eigenvalue weighted by Gasteiger charge is -2.35. The second kappa shape index (κ2) is 9.01. The van der Waals surface area contributed by atoms with Gasteiger partial charge in [-0.25, -0.2) is 0 Å². The lowest BCUT2D eigenvalue weighted by molar-refractivity contribution is -0.384. The zero-order valence-electron chi connectivity index (χ0n) is 16.1. The minimum atomic E-state index is -0.384.